The van der Waals surface area contributed by atoms with E-state index in [1.807, 2.05) is 24.3 Å². The summed E-state index contributed by atoms with van der Waals surface area (Å²) in [5.74, 6) is -0.752. The maximum Gasteiger partial charge on any atom is 0.258 e. The number of nitrogens with two attached hydrogens (primary N) is 1. The Morgan fingerprint density at radius 1 is 1.04 bits per heavy atom. The van der Waals surface area contributed by atoms with Gasteiger partial charge in [-0.15, -0.1) is 0 Å². The van der Waals surface area contributed by atoms with Gasteiger partial charge in [0.05, 0.1) is 0 Å². The van der Waals surface area contributed by atoms with Gasteiger partial charge in [-0.25, -0.2) is 0 Å². The molecule has 3 N–H and O–H groups in total. The van der Waals surface area contributed by atoms with E-state index in [9.17, 15) is 9.90 Å². The average molecular weight is 310 g/mol. The highest BCUT2D eigenvalue weighted by molar-refractivity contribution is 5.89. The minimum atomic E-state index is -1.81. The fourth-order valence-corrected chi connectivity index (χ4v) is 3.30. The third-order valence-electron chi connectivity index (χ3n) is 4.55. The van der Waals surface area contributed by atoms with Crippen molar-refractivity contribution < 1.29 is 9.90 Å². The number of primary amides is 1. The number of benzene rings is 2. The highest BCUT2D eigenvalue weighted by atomic mass is 16.3. The molecule has 1 unspecified atom stereocenters. The van der Waals surface area contributed by atoms with Crippen molar-refractivity contribution in [2.24, 2.45) is 5.73 Å². The van der Waals surface area contributed by atoms with Crippen LogP contribution in [0.4, 0.5) is 0 Å². The lowest BCUT2D eigenvalue weighted by Gasteiger charge is -2.29. The van der Waals surface area contributed by atoms with E-state index < -0.39 is 11.5 Å². The minimum Gasteiger partial charge on any atom is -0.372 e. The minimum absolute atomic E-state index is 0.501. The number of hydrogen-bond acceptors (Lipinski definition) is 3. The molecule has 1 aliphatic rings. The summed E-state index contributed by atoms with van der Waals surface area (Å²) in [6.07, 6.45) is 2.39. The molecule has 0 aliphatic carbocycles. The zero-order valence-electron chi connectivity index (χ0n) is 13.1. The van der Waals surface area contributed by atoms with Crippen LogP contribution < -0.4 is 5.73 Å². The molecule has 2 aromatic rings. The first-order valence-electron chi connectivity index (χ1n) is 8.01. The summed E-state index contributed by atoms with van der Waals surface area (Å²) in [4.78, 5) is 14.5. The highest BCUT2D eigenvalue weighted by Gasteiger charge is 2.39. The number of amides is 1. The van der Waals surface area contributed by atoms with Gasteiger partial charge in [0.15, 0.2) is 5.60 Å². The van der Waals surface area contributed by atoms with E-state index in [0.717, 1.165) is 25.2 Å². The molecular weight excluding hydrogens is 288 g/mol. The van der Waals surface area contributed by atoms with Crippen LogP contribution in [0.15, 0.2) is 54.6 Å². The molecule has 2 aromatic carbocycles. The average Bonchev–Trinajstić information content (AvgIpc) is 3.08. The lowest BCUT2D eigenvalue weighted by molar-refractivity contribution is -0.133. The number of nitrogens with zero attached hydrogens (tertiary/aromatic N) is 1. The Bertz CT molecular complexity index is 681. The van der Waals surface area contributed by atoms with Gasteiger partial charge in [0.1, 0.15) is 0 Å². The van der Waals surface area contributed by atoms with E-state index in [1.54, 1.807) is 30.3 Å². The first-order valence-corrected chi connectivity index (χ1v) is 8.01. The van der Waals surface area contributed by atoms with E-state index >= 15 is 0 Å². The predicted octanol–water partition coefficient (Wildman–Crippen LogP) is 2.00. The molecule has 1 saturated heterocycles. The van der Waals surface area contributed by atoms with Gasteiger partial charge in [-0.2, -0.15) is 0 Å². The second kappa shape index (κ2) is 6.52. The van der Waals surface area contributed by atoms with Gasteiger partial charge in [0, 0.05) is 12.1 Å². The lowest BCUT2D eigenvalue weighted by atomic mass is 9.83. The van der Waals surface area contributed by atoms with Gasteiger partial charge in [0.25, 0.3) is 5.91 Å². The Hall–Kier alpha value is -2.17. The molecule has 1 amide bonds. The van der Waals surface area contributed by atoms with Crippen molar-refractivity contribution in [3.63, 3.8) is 0 Å². The van der Waals surface area contributed by atoms with E-state index in [4.69, 9.17) is 5.73 Å². The summed E-state index contributed by atoms with van der Waals surface area (Å²) in [5, 5.41) is 11.2. The molecule has 120 valence electrons. The number of aliphatic hydroxyl groups is 1. The van der Waals surface area contributed by atoms with Crippen LogP contribution in [0.2, 0.25) is 0 Å². The molecule has 23 heavy (non-hydrogen) atoms. The zero-order chi connectivity index (χ0) is 16.3. The number of likely N-dealkylation sites (tertiary alicyclic amines) is 1. The van der Waals surface area contributed by atoms with Crippen LogP contribution in [0.1, 0.15) is 29.5 Å². The Kier molecular flexibility index (Phi) is 4.46. The van der Waals surface area contributed by atoms with Crippen molar-refractivity contribution in [1.29, 1.82) is 0 Å². The van der Waals surface area contributed by atoms with Crippen molar-refractivity contribution in [2.75, 3.05) is 13.1 Å². The number of carbonyl (C=O) groups excluding carboxylic acids is 1. The van der Waals surface area contributed by atoms with Crippen molar-refractivity contribution in [1.82, 2.24) is 4.90 Å². The molecule has 4 nitrogen and oxygen atoms in total. The van der Waals surface area contributed by atoms with Gasteiger partial charge >= 0.3 is 0 Å². The van der Waals surface area contributed by atoms with Crippen LogP contribution in [0.25, 0.3) is 0 Å². The van der Waals surface area contributed by atoms with Crippen molar-refractivity contribution in [3.05, 3.63) is 71.3 Å². The first-order chi connectivity index (χ1) is 11.1. The van der Waals surface area contributed by atoms with Gasteiger partial charge < -0.3 is 10.8 Å². The predicted molar refractivity (Wildman–Crippen MR) is 89.6 cm³/mol. The molecule has 4 heteroatoms. The molecule has 3 rings (SSSR count). The van der Waals surface area contributed by atoms with Crippen LogP contribution in [-0.2, 0) is 16.9 Å². The molecule has 0 bridgehead atoms. The second-order valence-corrected chi connectivity index (χ2v) is 6.08. The summed E-state index contributed by atoms with van der Waals surface area (Å²) in [7, 11) is 0. The third-order valence-corrected chi connectivity index (χ3v) is 4.55. The SMILES string of the molecule is NC(=O)C(O)(c1ccccc1)c1ccccc1CN1CCCC1. The Morgan fingerprint density at radius 3 is 2.30 bits per heavy atom. The monoisotopic (exact) mass is 310 g/mol. The standard InChI is InChI=1S/C19H22N2O2/c20-18(22)19(23,16-9-2-1-3-10-16)17-11-5-4-8-15(17)14-21-12-6-7-13-21/h1-5,8-11,23H,6-7,12-14H2,(H2,20,22). The van der Waals surface area contributed by atoms with Crippen molar-refractivity contribution in [2.45, 2.75) is 25.0 Å². The smallest absolute Gasteiger partial charge is 0.258 e. The molecule has 1 atom stereocenters. The quantitative estimate of drug-likeness (QED) is 0.888. The zero-order valence-corrected chi connectivity index (χ0v) is 13.1. The van der Waals surface area contributed by atoms with Gasteiger partial charge in [-0.3, -0.25) is 9.69 Å². The van der Waals surface area contributed by atoms with Crippen LogP contribution in [0, 0.1) is 0 Å². The largest absolute Gasteiger partial charge is 0.372 e. The fraction of sp³-hybridized carbons (Fsp3) is 0.316. The van der Waals surface area contributed by atoms with Crippen LogP contribution >= 0.6 is 0 Å². The number of rotatable bonds is 5. The fourth-order valence-electron chi connectivity index (χ4n) is 3.30. The Balaban J connectivity index is 2.05. The third kappa shape index (κ3) is 3.00. The van der Waals surface area contributed by atoms with Crippen molar-refractivity contribution in [3.8, 4) is 0 Å². The van der Waals surface area contributed by atoms with Gasteiger partial charge in [-0.05, 0) is 37.1 Å². The normalized spacial score (nSPS) is 17.8. The summed E-state index contributed by atoms with van der Waals surface area (Å²) < 4.78 is 0. The van der Waals surface area contributed by atoms with Crippen molar-refractivity contribution >= 4 is 5.91 Å². The maximum atomic E-state index is 12.2. The second-order valence-electron chi connectivity index (χ2n) is 6.08. The Labute approximate surface area is 136 Å². The van der Waals surface area contributed by atoms with Crippen LogP contribution in [-0.4, -0.2) is 29.0 Å². The van der Waals surface area contributed by atoms with Crippen LogP contribution in [0.3, 0.4) is 0 Å². The van der Waals surface area contributed by atoms with E-state index in [1.165, 1.54) is 12.8 Å². The molecule has 0 radical (unpaired) electrons. The first kappa shape index (κ1) is 15.7. The number of hydrogen-bond donors (Lipinski definition) is 2. The molecule has 1 fully saturated rings. The molecule has 0 saturated carbocycles. The summed E-state index contributed by atoms with van der Waals surface area (Å²) in [6.45, 7) is 2.82. The lowest BCUT2D eigenvalue weighted by Crippen LogP contribution is -2.43. The maximum absolute atomic E-state index is 12.2. The van der Waals surface area contributed by atoms with Crippen LogP contribution in [0.5, 0.6) is 0 Å². The molecule has 0 spiro atoms. The molecular formula is C19H22N2O2. The summed E-state index contributed by atoms with van der Waals surface area (Å²) >= 11 is 0. The van der Waals surface area contributed by atoms with Gasteiger partial charge in [-0.1, -0.05) is 54.6 Å². The molecule has 1 aliphatic heterocycles. The van der Waals surface area contributed by atoms with E-state index in [0.29, 0.717) is 11.1 Å². The Morgan fingerprint density at radius 2 is 1.65 bits per heavy atom. The molecule has 0 aromatic heterocycles. The molecule has 1 heterocycles. The van der Waals surface area contributed by atoms with E-state index in [2.05, 4.69) is 4.90 Å². The van der Waals surface area contributed by atoms with Gasteiger partial charge in [0.2, 0.25) is 0 Å². The highest BCUT2D eigenvalue weighted by Crippen LogP contribution is 2.32. The van der Waals surface area contributed by atoms with E-state index in [-0.39, 0.29) is 0 Å². The topological polar surface area (TPSA) is 66.6 Å². The number of carbonyl (C=O) groups is 1. The summed E-state index contributed by atoms with van der Waals surface area (Å²) in [5.41, 5.74) is 5.82. The summed E-state index contributed by atoms with van der Waals surface area (Å²) in [6, 6.07) is 16.4.